The van der Waals surface area contributed by atoms with Gasteiger partial charge in [0.25, 0.3) is 5.91 Å². The van der Waals surface area contributed by atoms with Crippen molar-refractivity contribution in [1.82, 2.24) is 9.21 Å². The molecule has 0 N–H and O–H groups in total. The second kappa shape index (κ2) is 8.78. The van der Waals surface area contributed by atoms with Crippen LogP contribution < -0.4 is 0 Å². The van der Waals surface area contributed by atoms with Gasteiger partial charge < -0.3 is 4.90 Å². The van der Waals surface area contributed by atoms with Crippen molar-refractivity contribution >= 4 is 21.7 Å². The molecule has 1 aliphatic rings. The molecular formula is C20H16F6N2O4S. The number of nitrogens with zero attached hydrogens (tertiary/aromatic N) is 2. The Hall–Kier alpha value is -2.93. The fourth-order valence-electron chi connectivity index (χ4n) is 3.22. The SMILES string of the molecule is O=C(C(=O)N1CCN(S(=O)(=O)c2cccc(C(F)(F)F)c2)CC1)c1cccc(C(F)(F)F)c1. The van der Waals surface area contributed by atoms with E-state index in [-0.39, 0.29) is 26.2 Å². The molecule has 178 valence electrons. The normalized spacial score (nSPS) is 16.0. The Balaban J connectivity index is 1.71. The van der Waals surface area contributed by atoms with Gasteiger partial charge in [-0.2, -0.15) is 30.6 Å². The minimum absolute atomic E-state index is 0.262. The van der Waals surface area contributed by atoms with E-state index >= 15 is 0 Å². The maximum Gasteiger partial charge on any atom is 0.416 e. The zero-order chi connectivity index (χ0) is 24.6. The summed E-state index contributed by atoms with van der Waals surface area (Å²) in [4.78, 5) is 25.2. The van der Waals surface area contributed by atoms with Gasteiger partial charge >= 0.3 is 12.4 Å². The van der Waals surface area contributed by atoms with Gasteiger partial charge in [0, 0.05) is 31.7 Å². The molecule has 1 aliphatic heterocycles. The van der Waals surface area contributed by atoms with Gasteiger partial charge in [-0.25, -0.2) is 8.42 Å². The average Bonchev–Trinajstić information content (AvgIpc) is 2.77. The van der Waals surface area contributed by atoms with Gasteiger partial charge in [-0.3, -0.25) is 9.59 Å². The van der Waals surface area contributed by atoms with Gasteiger partial charge in [0.2, 0.25) is 15.8 Å². The summed E-state index contributed by atoms with van der Waals surface area (Å²) in [5.41, 5.74) is -2.70. The number of Topliss-reactive ketones (excluding diaryl/α,β-unsaturated/α-hetero) is 1. The predicted molar refractivity (Wildman–Crippen MR) is 103 cm³/mol. The Morgan fingerprint density at radius 3 is 1.82 bits per heavy atom. The molecule has 0 aromatic heterocycles. The second-order valence-electron chi connectivity index (χ2n) is 7.13. The third kappa shape index (κ3) is 5.36. The van der Waals surface area contributed by atoms with Crippen LogP contribution >= 0.6 is 0 Å². The van der Waals surface area contributed by atoms with Gasteiger partial charge in [0.1, 0.15) is 0 Å². The van der Waals surface area contributed by atoms with E-state index in [9.17, 15) is 44.3 Å². The van der Waals surface area contributed by atoms with E-state index in [1.807, 2.05) is 0 Å². The van der Waals surface area contributed by atoms with Crippen molar-refractivity contribution in [3.63, 3.8) is 0 Å². The van der Waals surface area contributed by atoms with Gasteiger partial charge in [0.05, 0.1) is 16.0 Å². The molecule has 0 atom stereocenters. The summed E-state index contributed by atoms with van der Waals surface area (Å²) in [6, 6.07) is 6.56. The highest BCUT2D eigenvalue weighted by Crippen LogP contribution is 2.32. The number of rotatable bonds is 4. The van der Waals surface area contributed by atoms with Crippen LogP contribution in [0.4, 0.5) is 26.3 Å². The number of hydrogen-bond donors (Lipinski definition) is 0. The van der Waals surface area contributed by atoms with Crippen LogP contribution in [0.3, 0.4) is 0 Å². The quantitative estimate of drug-likeness (QED) is 0.371. The molecule has 3 rings (SSSR count). The van der Waals surface area contributed by atoms with Crippen molar-refractivity contribution < 1.29 is 44.3 Å². The van der Waals surface area contributed by atoms with E-state index in [1.54, 1.807) is 0 Å². The molecule has 0 spiro atoms. The highest BCUT2D eigenvalue weighted by Gasteiger charge is 2.36. The number of halogens is 6. The van der Waals surface area contributed by atoms with Crippen molar-refractivity contribution in [2.75, 3.05) is 26.2 Å². The van der Waals surface area contributed by atoms with E-state index in [2.05, 4.69) is 0 Å². The summed E-state index contributed by atoms with van der Waals surface area (Å²) in [6.07, 6.45) is -9.44. The lowest BCUT2D eigenvalue weighted by molar-refractivity contribution is -0.138. The van der Waals surface area contributed by atoms with Crippen molar-refractivity contribution in [3.05, 3.63) is 65.2 Å². The Morgan fingerprint density at radius 2 is 1.27 bits per heavy atom. The van der Waals surface area contributed by atoms with Crippen molar-refractivity contribution in [2.45, 2.75) is 17.2 Å². The number of hydrogen-bond acceptors (Lipinski definition) is 4. The molecule has 1 heterocycles. The highest BCUT2D eigenvalue weighted by atomic mass is 32.2. The zero-order valence-electron chi connectivity index (χ0n) is 16.7. The maximum atomic E-state index is 12.9. The molecule has 1 fully saturated rings. The fourth-order valence-corrected chi connectivity index (χ4v) is 4.69. The first-order chi connectivity index (χ1) is 15.2. The zero-order valence-corrected chi connectivity index (χ0v) is 17.5. The van der Waals surface area contributed by atoms with Gasteiger partial charge in [0.15, 0.2) is 0 Å². The van der Waals surface area contributed by atoms with E-state index in [1.165, 1.54) is 0 Å². The Kier molecular flexibility index (Phi) is 6.58. The van der Waals surface area contributed by atoms with Crippen LogP contribution in [0, 0.1) is 0 Å². The Labute approximate surface area is 184 Å². The van der Waals surface area contributed by atoms with Crippen LogP contribution in [-0.4, -0.2) is 55.5 Å². The van der Waals surface area contributed by atoms with E-state index in [0.29, 0.717) is 12.1 Å². The van der Waals surface area contributed by atoms with Crippen molar-refractivity contribution in [3.8, 4) is 0 Å². The predicted octanol–water partition coefficient (Wildman–Crippen LogP) is 3.44. The highest BCUT2D eigenvalue weighted by molar-refractivity contribution is 7.89. The number of benzene rings is 2. The molecule has 1 saturated heterocycles. The molecule has 6 nitrogen and oxygen atoms in total. The summed E-state index contributed by atoms with van der Waals surface area (Å²) in [5.74, 6) is -2.29. The number of amides is 1. The second-order valence-corrected chi connectivity index (χ2v) is 9.07. The van der Waals surface area contributed by atoms with Gasteiger partial charge in [-0.1, -0.05) is 18.2 Å². The largest absolute Gasteiger partial charge is 0.416 e. The maximum absolute atomic E-state index is 12.9. The summed E-state index contributed by atoms with van der Waals surface area (Å²) in [5, 5.41) is 0. The summed E-state index contributed by atoms with van der Waals surface area (Å²) in [6.45, 7) is -1.14. The molecule has 0 bridgehead atoms. The first-order valence-electron chi connectivity index (χ1n) is 9.39. The number of piperazine rings is 1. The molecule has 0 unspecified atom stereocenters. The Morgan fingerprint density at radius 1 is 0.758 bits per heavy atom. The standard InChI is InChI=1S/C20H16F6N2O4S/c21-19(22,23)14-4-1-3-13(11-14)17(29)18(30)27-7-9-28(10-8-27)33(31,32)16-6-2-5-15(12-16)20(24,25)26/h1-6,11-12H,7-10H2. The van der Waals surface area contributed by atoms with E-state index in [0.717, 1.165) is 45.6 Å². The van der Waals surface area contributed by atoms with Crippen LogP contribution in [-0.2, 0) is 27.2 Å². The number of carbonyl (C=O) groups excluding carboxylic acids is 2. The topological polar surface area (TPSA) is 74.8 Å². The lowest BCUT2D eigenvalue weighted by Gasteiger charge is -2.33. The number of alkyl halides is 6. The molecule has 2 aromatic rings. The van der Waals surface area contributed by atoms with Crippen LogP contribution in [0.1, 0.15) is 21.5 Å². The number of sulfonamides is 1. The van der Waals surface area contributed by atoms with Crippen molar-refractivity contribution in [1.29, 1.82) is 0 Å². The lowest BCUT2D eigenvalue weighted by Crippen LogP contribution is -2.52. The molecule has 2 aromatic carbocycles. The summed E-state index contributed by atoms with van der Waals surface area (Å²) < 4.78 is 104. The molecule has 33 heavy (non-hydrogen) atoms. The molecular weight excluding hydrogens is 478 g/mol. The minimum atomic E-state index is -4.74. The molecule has 13 heteroatoms. The number of ketones is 1. The molecule has 0 aliphatic carbocycles. The van der Waals surface area contributed by atoms with Crippen LogP contribution in [0.2, 0.25) is 0 Å². The summed E-state index contributed by atoms with van der Waals surface area (Å²) >= 11 is 0. The van der Waals surface area contributed by atoms with Crippen LogP contribution in [0.5, 0.6) is 0 Å². The van der Waals surface area contributed by atoms with Crippen LogP contribution in [0.15, 0.2) is 53.4 Å². The molecule has 1 amide bonds. The molecule has 0 radical (unpaired) electrons. The molecule has 0 saturated carbocycles. The van der Waals surface area contributed by atoms with Gasteiger partial charge in [-0.05, 0) is 30.3 Å². The first-order valence-corrected chi connectivity index (χ1v) is 10.8. The first kappa shape index (κ1) is 24.7. The average molecular weight is 494 g/mol. The van der Waals surface area contributed by atoms with Gasteiger partial charge in [-0.15, -0.1) is 0 Å². The Bertz CT molecular complexity index is 1170. The van der Waals surface area contributed by atoms with Crippen LogP contribution in [0.25, 0.3) is 0 Å². The summed E-state index contributed by atoms with van der Waals surface area (Å²) in [7, 11) is -4.30. The fraction of sp³-hybridized carbons (Fsp3) is 0.300. The van der Waals surface area contributed by atoms with E-state index in [4.69, 9.17) is 0 Å². The van der Waals surface area contributed by atoms with Crippen molar-refractivity contribution in [2.24, 2.45) is 0 Å². The smallest absolute Gasteiger partial charge is 0.333 e. The monoisotopic (exact) mass is 494 g/mol. The minimum Gasteiger partial charge on any atom is -0.333 e. The number of carbonyl (C=O) groups is 2. The lowest BCUT2D eigenvalue weighted by atomic mass is 10.1. The van der Waals surface area contributed by atoms with E-state index < -0.39 is 55.7 Å². The third-order valence-corrected chi connectivity index (χ3v) is 6.87. The third-order valence-electron chi connectivity index (χ3n) is 4.97.